The van der Waals surface area contributed by atoms with E-state index in [2.05, 4.69) is 82.9 Å². The van der Waals surface area contributed by atoms with Crippen LogP contribution in [0.25, 0.3) is 5.69 Å². The van der Waals surface area contributed by atoms with E-state index in [1.807, 2.05) is 12.3 Å². The molecule has 1 aromatic carbocycles. The van der Waals surface area contributed by atoms with E-state index in [1.165, 1.54) is 28.2 Å². The Labute approximate surface area is 213 Å². The van der Waals surface area contributed by atoms with Crippen LogP contribution in [0, 0.1) is 20.8 Å². The van der Waals surface area contributed by atoms with Gasteiger partial charge in [-0.15, -0.1) is 0 Å². The topological polar surface area (TPSA) is 45.6 Å². The number of aryl methyl sites for hydroxylation is 2. The standard InChI is InChI=1S/C28H35N5OS/c1-20-8-10-23(11-9-20)33-21(2)19-24(22(33)3)27-26(25-7-4-5-12-29-25)30-28(35)32(27)14-6-13-31-15-17-34-18-16-31/h4-5,7-12,19,26-27H,6,13-18H2,1-3H3,(H,30,35). The fourth-order valence-corrected chi connectivity index (χ4v) is 5.78. The highest BCUT2D eigenvalue weighted by Crippen LogP contribution is 2.41. The summed E-state index contributed by atoms with van der Waals surface area (Å²) in [6, 6.07) is 17.3. The van der Waals surface area contributed by atoms with Gasteiger partial charge in [0.25, 0.3) is 0 Å². The van der Waals surface area contributed by atoms with Crippen LogP contribution < -0.4 is 5.32 Å². The Bertz CT molecular complexity index is 1150. The van der Waals surface area contributed by atoms with Crippen molar-refractivity contribution in [2.24, 2.45) is 0 Å². The summed E-state index contributed by atoms with van der Waals surface area (Å²) in [7, 11) is 0. The number of ether oxygens (including phenoxy) is 1. The monoisotopic (exact) mass is 489 g/mol. The second kappa shape index (κ2) is 10.5. The second-order valence-electron chi connectivity index (χ2n) is 9.62. The Hall–Kier alpha value is -2.74. The van der Waals surface area contributed by atoms with Crippen molar-refractivity contribution in [3.05, 3.63) is 82.9 Å². The van der Waals surface area contributed by atoms with Crippen LogP contribution >= 0.6 is 12.2 Å². The first kappa shape index (κ1) is 24.0. The first-order valence-corrected chi connectivity index (χ1v) is 13.0. The third kappa shape index (κ3) is 4.99. The fraction of sp³-hybridized carbons (Fsp3) is 0.429. The van der Waals surface area contributed by atoms with Gasteiger partial charge < -0.3 is 19.5 Å². The first-order chi connectivity index (χ1) is 17.0. The Balaban J connectivity index is 1.47. The lowest BCUT2D eigenvalue weighted by Gasteiger charge is -2.30. The van der Waals surface area contributed by atoms with E-state index >= 15 is 0 Å². The SMILES string of the molecule is Cc1ccc(-n2c(C)cc(C3C(c4ccccn4)NC(=S)N3CCCN3CCOCC3)c2C)cc1. The van der Waals surface area contributed by atoms with E-state index in [4.69, 9.17) is 21.9 Å². The summed E-state index contributed by atoms with van der Waals surface area (Å²) in [4.78, 5) is 9.58. The molecule has 2 aliphatic heterocycles. The van der Waals surface area contributed by atoms with Gasteiger partial charge in [0.2, 0.25) is 0 Å². The van der Waals surface area contributed by atoms with Crippen molar-refractivity contribution in [2.75, 3.05) is 39.4 Å². The summed E-state index contributed by atoms with van der Waals surface area (Å²) in [5, 5.41) is 4.43. The average Bonchev–Trinajstić information content (AvgIpc) is 3.36. The fourth-order valence-electron chi connectivity index (χ4n) is 5.45. The van der Waals surface area contributed by atoms with Crippen molar-refractivity contribution >= 4 is 17.3 Å². The Morgan fingerprint density at radius 2 is 1.80 bits per heavy atom. The Morgan fingerprint density at radius 3 is 2.51 bits per heavy atom. The van der Waals surface area contributed by atoms with Gasteiger partial charge in [-0.3, -0.25) is 9.88 Å². The zero-order chi connectivity index (χ0) is 24.4. The van der Waals surface area contributed by atoms with Crippen molar-refractivity contribution in [2.45, 2.75) is 39.3 Å². The molecule has 35 heavy (non-hydrogen) atoms. The average molecular weight is 490 g/mol. The lowest BCUT2D eigenvalue weighted by molar-refractivity contribution is 0.0365. The van der Waals surface area contributed by atoms with Gasteiger partial charge in [-0.1, -0.05) is 23.8 Å². The molecule has 2 aliphatic rings. The largest absolute Gasteiger partial charge is 0.379 e. The summed E-state index contributed by atoms with van der Waals surface area (Å²) in [5.41, 5.74) is 7.27. The molecule has 0 bridgehead atoms. The van der Waals surface area contributed by atoms with Crippen LogP contribution in [-0.4, -0.2) is 63.9 Å². The number of hydrogen-bond donors (Lipinski definition) is 1. The summed E-state index contributed by atoms with van der Waals surface area (Å²) < 4.78 is 7.87. The molecule has 5 rings (SSSR count). The maximum Gasteiger partial charge on any atom is 0.170 e. The smallest absolute Gasteiger partial charge is 0.170 e. The van der Waals surface area contributed by atoms with E-state index in [0.29, 0.717) is 0 Å². The van der Waals surface area contributed by atoms with E-state index in [0.717, 1.165) is 56.6 Å². The number of hydrogen-bond acceptors (Lipinski definition) is 4. The number of morpholine rings is 1. The molecule has 1 N–H and O–H groups in total. The molecule has 3 aromatic rings. The number of nitrogens with zero attached hydrogens (tertiary/aromatic N) is 4. The maximum atomic E-state index is 5.90. The molecule has 0 spiro atoms. The van der Waals surface area contributed by atoms with Gasteiger partial charge in [-0.25, -0.2) is 0 Å². The summed E-state index contributed by atoms with van der Waals surface area (Å²) >= 11 is 5.90. The summed E-state index contributed by atoms with van der Waals surface area (Å²) in [5.74, 6) is 0. The molecule has 2 atom stereocenters. The number of aromatic nitrogens is 2. The van der Waals surface area contributed by atoms with Crippen LogP contribution in [0.4, 0.5) is 0 Å². The lowest BCUT2D eigenvalue weighted by Crippen LogP contribution is -2.39. The molecule has 4 heterocycles. The molecule has 0 radical (unpaired) electrons. The molecular formula is C28H35N5OS. The molecule has 0 saturated carbocycles. The molecule has 2 aromatic heterocycles. The Kier molecular flexibility index (Phi) is 7.18. The molecule has 7 heteroatoms. The highest BCUT2D eigenvalue weighted by molar-refractivity contribution is 7.80. The molecule has 2 unspecified atom stereocenters. The Morgan fingerprint density at radius 1 is 1.03 bits per heavy atom. The third-order valence-electron chi connectivity index (χ3n) is 7.26. The highest BCUT2D eigenvalue weighted by atomic mass is 32.1. The zero-order valence-electron chi connectivity index (χ0n) is 20.9. The molecular weight excluding hydrogens is 454 g/mol. The first-order valence-electron chi connectivity index (χ1n) is 12.6. The summed E-state index contributed by atoms with van der Waals surface area (Å²) in [6.07, 6.45) is 2.93. The van der Waals surface area contributed by atoms with Gasteiger partial charge in [0.05, 0.1) is 31.0 Å². The predicted molar refractivity (Wildman–Crippen MR) is 144 cm³/mol. The van der Waals surface area contributed by atoms with Crippen LogP contribution in [-0.2, 0) is 4.74 Å². The van der Waals surface area contributed by atoms with Crippen molar-refractivity contribution in [3.8, 4) is 5.69 Å². The second-order valence-corrected chi connectivity index (χ2v) is 10.0. The van der Waals surface area contributed by atoms with Crippen molar-refractivity contribution in [1.82, 2.24) is 24.7 Å². The number of nitrogens with one attached hydrogen (secondary N) is 1. The summed E-state index contributed by atoms with van der Waals surface area (Å²) in [6.45, 7) is 12.2. The van der Waals surface area contributed by atoms with Crippen molar-refractivity contribution < 1.29 is 4.74 Å². The van der Waals surface area contributed by atoms with Crippen molar-refractivity contribution in [1.29, 1.82) is 0 Å². The van der Waals surface area contributed by atoms with Gasteiger partial charge in [-0.05, 0) is 75.3 Å². The maximum absolute atomic E-state index is 5.90. The third-order valence-corrected chi connectivity index (χ3v) is 7.61. The minimum absolute atomic E-state index is 0.0130. The van der Waals surface area contributed by atoms with Crippen molar-refractivity contribution in [3.63, 3.8) is 0 Å². The molecule has 184 valence electrons. The number of benzene rings is 1. The van der Waals surface area contributed by atoms with Gasteiger partial charge in [-0.2, -0.15) is 0 Å². The minimum Gasteiger partial charge on any atom is -0.379 e. The molecule has 0 amide bonds. The minimum atomic E-state index is 0.0130. The lowest BCUT2D eigenvalue weighted by atomic mass is 9.96. The van der Waals surface area contributed by atoms with E-state index in [9.17, 15) is 0 Å². The zero-order valence-corrected chi connectivity index (χ0v) is 21.7. The quantitative estimate of drug-likeness (QED) is 0.494. The van der Waals surface area contributed by atoms with E-state index < -0.39 is 0 Å². The van der Waals surface area contributed by atoms with Crippen LogP contribution in [0.3, 0.4) is 0 Å². The van der Waals surface area contributed by atoms with E-state index in [1.54, 1.807) is 0 Å². The number of thiocarbonyl (C=S) groups is 1. The van der Waals surface area contributed by atoms with E-state index in [-0.39, 0.29) is 12.1 Å². The van der Waals surface area contributed by atoms with Gasteiger partial charge in [0.15, 0.2) is 5.11 Å². The van der Waals surface area contributed by atoms with Gasteiger partial charge in [0, 0.05) is 49.5 Å². The molecule has 6 nitrogen and oxygen atoms in total. The predicted octanol–water partition coefficient (Wildman–Crippen LogP) is 4.49. The molecule has 0 aliphatic carbocycles. The highest BCUT2D eigenvalue weighted by Gasteiger charge is 2.41. The van der Waals surface area contributed by atoms with Gasteiger partial charge >= 0.3 is 0 Å². The molecule has 2 saturated heterocycles. The normalized spacial score (nSPS) is 20.9. The number of rotatable bonds is 7. The van der Waals surface area contributed by atoms with Crippen LogP contribution in [0.5, 0.6) is 0 Å². The van der Waals surface area contributed by atoms with Crippen LogP contribution in [0.15, 0.2) is 54.7 Å². The van der Waals surface area contributed by atoms with Crippen LogP contribution in [0.1, 0.15) is 46.7 Å². The number of pyridine rings is 1. The van der Waals surface area contributed by atoms with Gasteiger partial charge in [0.1, 0.15) is 0 Å². The van der Waals surface area contributed by atoms with Crippen LogP contribution in [0.2, 0.25) is 0 Å². The molecule has 2 fully saturated rings.